The van der Waals surface area contributed by atoms with Crippen LogP contribution >= 0.6 is 23.1 Å². The topological polar surface area (TPSA) is 96.6 Å². The quantitative estimate of drug-likeness (QED) is 0.191. The first-order valence-corrected chi connectivity index (χ1v) is 11.2. The molecule has 4 rings (SSSR count). The first kappa shape index (κ1) is 21.0. The van der Waals surface area contributed by atoms with E-state index in [1.54, 1.807) is 25.3 Å². The monoisotopic (exact) mass is 453 g/mol. The number of ether oxygens (including phenoxy) is 3. The molecular formula is C22H19N3O4S2. The van der Waals surface area contributed by atoms with E-state index in [-0.39, 0.29) is 10.6 Å². The van der Waals surface area contributed by atoms with Crippen LogP contribution in [0.5, 0.6) is 17.2 Å². The Bertz CT molecular complexity index is 1260. The van der Waals surface area contributed by atoms with Crippen LogP contribution in [0.4, 0.5) is 5.69 Å². The minimum atomic E-state index is -0.589. The third-order valence-electron chi connectivity index (χ3n) is 4.56. The summed E-state index contributed by atoms with van der Waals surface area (Å²) in [6, 6.07) is 14.6. The first-order valence-electron chi connectivity index (χ1n) is 9.19. The summed E-state index contributed by atoms with van der Waals surface area (Å²) >= 11 is 2.61. The summed E-state index contributed by atoms with van der Waals surface area (Å²) < 4.78 is 16.1. The molecule has 0 atom stereocenters. The zero-order chi connectivity index (χ0) is 22.0. The molecule has 0 radical (unpaired) electrons. The van der Waals surface area contributed by atoms with Crippen molar-refractivity contribution in [3.8, 4) is 28.5 Å². The van der Waals surface area contributed by atoms with Crippen molar-refractivity contribution < 1.29 is 19.0 Å². The number of thioether (sulfide) groups is 1. The van der Waals surface area contributed by atoms with Gasteiger partial charge in [0, 0.05) is 11.6 Å². The summed E-state index contributed by atoms with van der Waals surface area (Å²) in [4.78, 5) is 23.1. The Balaban J connectivity index is 1.79. The number of carbonyl (C=O) groups is 1. The molecule has 0 saturated heterocycles. The van der Waals surface area contributed by atoms with Crippen LogP contribution in [0.25, 0.3) is 21.5 Å². The van der Waals surface area contributed by atoms with Crippen LogP contribution in [0.15, 0.2) is 53.7 Å². The third-order valence-corrected chi connectivity index (χ3v) is 6.18. The normalized spacial score (nSPS) is 10.8. The van der Waals surface area contributed by atoms with Crippen molar-refractivity contribution >= 4 is 45.0 Å². The number of fused-ring (bicyclic) bond motifs is 1. The standard InChI is InChI=1S/C22H19N3O4S2/c1-27-13-9-10-14(15(11-13)28-2)29-21(26)19-17(23)16-18(12-7-5-4-6-8-12)24-22(30-3)25-20(16)31-19/h4-11H,23H2,1-3H3. The van der Waals surface area contributed by atoms with Crippen molar-refractivity contribution in [1.82, 2.24) is 9.97 Å². The van der Waals surface area contributed by atoms with Crippen LogP contribution in [-0.2, 0) is 0 Å². The van der Waals surface area contributed by atoms with E-state index in [0.717, 1.165) is 5.56 Å². The van der Waals surface area contributed by atoms with Gasteiger partial charge < -0.3 is 19.9 Å². The molecule has 31 heavy (non-hydrogen) atoms. The van der Waals surface area contributed by atoms with Gasteiger partial charge in [-0.05, 0) is 18.4 Å². The van der Waals surface area contributed by atoms with Crippen molar-refractivity contribution in [3.63, 3.8) is 0 Å². The molecule has 0 bridgehead atoms. The Morgan fingerprint density at radius 3 is 2.48 bits per heavy atom. The minimum absolute atomic E-state index is 0.262. The van der Waals surface area contributed by atoms with E-state index < -0.39 is 5.97 Å². The average molecular weight is 454 g/mol. The second kappa shape index (κ2) is 8.83. The van der Waals surface area contributed by atoms with Crippen LogP contribution in [0, 0.1) is 0 Å². The number of methoxy groups -OCH3 is 2. The fourth-order valence-corrected chi connectivity index (χ4v) is 4.45. The molecule has 0 aliphatic heterocycles. The smallest absolute Gasteiger partial charge is 0.356 e. The number of hydrogen-bond acceptors (Lipinski definition) is 9. The van der Waals surface area contributed by atoms with Gasteiger partial charge in [0.15, 0.2) is 16.7 Å². The first-order chi connectivity index (χ1) is 15.0. The summed E-state index contributed by atoms with van der Waals surface area (Å²) in [7, 11) is 3.04. The van der Waals surface area contributed by atoms with Gasteiger partial charge in [0.1, 0.15) is 15.5 Å². The SMILES string of the molecule is COc1ccc(OC(=O)c2sc3nc(SC)nc(-c4ccccc4)c3c2N)c(OC)c1. The Morgan fingerprint density at radius 1 is 1.03 bits per heavy atom. The van der Waals surface area contributed by atoms with E-state index in [1.165, 1.54) is 30.2 Å². The van der Waals surface area contributed by atoms with E-state index in [9.17, 15) is 4.79 Å². The number of thiophene rings is 1. The number of rotatable bonds is 6. The van der Waals surface area contributed by atoms with Crippen LogP contribution in [0.2, 0.25) is 0 Å². The molecule has 0 saturated carbocycles. The molecular weight excluding hydrogens is 434 g/mol. The Morgan fingerprint density at radius 2 is 1.81 bits per heavy atom. The molecule has 7 nitrogen and oxygen atoms in total. The summed E-state index contributed by atoms with van der Waals surface area (Å²) in [5.41, 5.74) is 8.29. The summed E-state index contributed by atoms with van der Waals surface area (Å²) in [6.45, 7) is 0. The highest BCUT2D eigenvalue weighted by atomic mass is 32.2. The van der Waals surface area contributed by atoms with E-state index in [1.807, 2.05) is 36.6 Å². The molecule has 2 heterocycles. The number of nitrogens with zero attached hydrogens (tertiary/aromatic N) is 2. The average Bonchev–Trinajstić information content (AvgIpc) is 3.15. The fraction of sp³-hybridized carbons (Fsp3) is 0.136. The highest BCUT2D eigenvalue weighted by Gasteiger charge is 2.24. The van der Waals surface area contributed by atoms with Gasteiger partial charge in [-0.1, -0.05) is 42.1 Å². The molecule has 0 unspecified atom stereocenters. The Kier molecular flexibility index (Phi) is 5.97. The molecule has 0 fully saturated rings. The van der Waals surface area contributed by atoms with E-state index in [0.29, 0.717) is 38.3 Å². The lowest BCUT2D eigenvalue weighted by atomic mass is 10.1. The lowest BCUT2D eigenvalue weighted by Gasteiger charge is -2.10. The minimum Gasteiger partial charge on any atom is -0.497 e. The van der Waals surface area contributed by atoms with Gasteiger partial charge >= 0.3 is 5.97 Å². The molecule has 0 spiro atoms. The predicted molar refractivity (Wildman–Crippen MR) is 124 cm³/mol. The summed E-state index contributed by atoms with van der Waals surface area (Å²) in [5, 5.41) is 1.24. The van der Waals surface area contributed by atoms with E-state index in [4.69, 9.17) is 19.9 Å². The van der Waals surface area contributed by atoms with Crippen LogP contribution in [0.1, 0.15) is 9.67 Å². The van der Waals surface area contributed by atoms with Gasteiger partial charge in [0.25, 0.3) is 0 Å². The Labute approximate surface area is 187 Å². The maximum absolute atomic E-state index is 13.0. The second-order valence-corrected chi connectivity index (χ2v) is 8.13. The van der Waals surface area contributed by atoms with Crippen LogP contribution in [0.3, 0.4) is 0 Å². The molecule has 2 aromatic heterocycles. The summed E-state index contributed by atoms with van der Waals surface area (Å²) in [5.74, 6) is 0.644. The molecule has 4 aromatic rings. The number of esters is 1. The Hall–Kier alpha value is -3.30. The number of anilines is 1. The molecule has 2 aromatic carbocycles. The summed E-state index contributed by atoms with van der Waals surface area (Å²) in [6.07, 6.45) is 1.90. The second-order valence-electron chi connectivity index (χ2n) is 6.36. The van der Waals surface area contributed by atoms with Crippen molar-refractivity contribution in [3.05, 3.63) is 53.4 Å². The molecule has 9 heteroatoms. The zero-order valence-electron chi connectivity index (χ0n) is 17.0. The number of benzene rings is 2. The number of nitrogen functional groups attached to an aromatic ring is 1. The predicted octanol–water partition coefficient (Wildman–Crippen LogP) is 4.90. The molecule has 0 amide bonds. The van der Waals surface area contributed by atoms with Gasteiger partial charge in [-0.15, -0.1) is 11.3 Å². The maximum atomic E-state index is 13.0. The van der Waals surface area contributed by atoms with Crippen molar-refractivity contribution in [1.29, 1.82) is 0 Å². The number of carbonyl (C=O) groups excluding carboxylic acids is 1. The number of hydrogen-bond donors (Lipinski definition) is 1. The van der Waals surface area contributed by atoms with Crippen molar-refractivity contribution in [2.75, 3.05) is 26.2 Å². The maximum Gasteiger partial charge on any atom is 0.356 e. The number of nitrogens with two attached hydrogens (primary N) is 1. The molecule has 0 aliphatic carbocycles. The highest BCUT2D eigenvalue weighted by Crippen LogP contribution is 2.40. The zero-order valence-corrected chi connectivity index (χ0v) is 18.7. The number of aromatic nitrogens is 2. The van der Waals surface area contributed by atoms with Gasteiger partial charge in [-0.2, -0.15) is 0 Å². The largest absolute Gasteiger partial charge is 0.497 e. The lowest BCUT2D eigenvalue weighted by molar-refractivity contribution is 0.0735. The van der Waals surface area contributed by atoms with Crippen LogP contribution in [-0.4, -0.2) is 36.4 Å². The third kappa shape index (κ3) is 4.01. The highest BCUT2D eigenvalue weighted by molar-refractivity contribution is 7.98. The van der Waals surface area contributed by atoms with E-state index in [2.05, 4.69) is 9.97 Å². The fourth-order valence-electron chi connectivity index (χ4n) is 3.06. The lowest BCUT2D eigenvalue weighted by Crippen LogP contribution is -2.09. The van der Waals surface area contributed by atoms with Crippen LogP contribution < -0.4 is 19.9 Å². The van der Waals surface area contributed by atoms with Gasteiger partial charge in [-0.25, -0.2) is 14.8 Å². The molecule has 158 valence electrons. The van der Waals surface area contributed by atoms with Crippen molar-refractivity contribution in [2.24, 2.45) is 0 Å². The van der Waals surface area contributed by atoms with Gasteiger partial charge in [0.05, 0.1) is 31.0 Å². The molecule has 0 aliphatic rings. The van der Waals surface area contributed by atoms with Crippen molar-refractivity contribution in [2.45, 2.75) is 5.16 Å². The van der Waals surface area contributed by atoms with Gasteiger partial charge in [0.2, 0.25) is 0 Å². The van der Waals surface area contributed by atoms with E-state index >= 15 is 0 Å². The van der Waals surface area contributed by atoms with Gasteiger partial charge in [-0.3, -0.25) is 0 Å². The molecule has 2 N–H and O–H groups in total.